The third-order valence-corrected chi connectivity index (χ3v) is 1.85. The molecule has 0 atom stereocenters. The zero-order valence-corrected chi connectivity index (χ0v) is 6.66. The molecular weight excluding hydrogens is 172 g/mol. The molecule has 2 heterocycles. The van der Waals surface area contributed by atoms with Gasteiger partial charge >= 0.3 is 0 Å². The average molecular weight is 178 g/mol. The van der Waals surface area contributed by atoms with E-state index in [1.54, 1.807) is 0 Å². The van der Waals surface area contributed by atoms with Crippen LogP contribution in [0.4, 0.5) is 0 Å². The van der Waals surface area contributed by atoms with E-state index in [4.69, 9.17) is 0 Å². The Labute approximate surface area is 73.5 Å². The second kappa shape index (κ2) is 2.62. The van der Waals surface area contributed by atoms with Crippen LogP contribution in [0.3, 0.4) is 0 Å². The van der Waals surface area contributed by atoms with E-state index in [1.165, 1.54) is 6.08 Å². The molecule has 5 nitrogen and oxygen atoms in total. The Morgan fingerprint density at radius 1 is 1.31 bits per heavy atom. The largest absolute Gasteiger partial charge is 0.310 e. The topological polar surface area (TPSA) is 75.6 Å². The van der Waals surface area contributed by atoms with Crippen LogP contribution in [0.25, 0.3) is 0 Å². The van der Waals surface area contributed by atoms with Gasteiger partial charge < -0.3 is 5.32 Å². The smallest absolute Gasteiger partial charge is 0.255 e. The molecule has 0 aliphatic carbocycles. The number of aliphatic imine (C=N–C) groups is 1. The van der Waals surface area contributed by atoms with E-state index in [0.29, 0.717) is 5.57 Å². The summed E-state index contributed by atoms with van der Waals surface area (Å²) >= 11 is 0. The molecule has 0 unspecified atom stereocenters. The maximum Gasteiger partial charge on any atom is 0.255 e. The molecule has 2 aliphatic rings. The number of fused-ring (bicyclic) bond motifs is 1. The van der Waals surface area contributed by atoms with Crippen molar-refractivity contribution in [2.75, 3.05) is 0 Å². The molecule has 2 amide bonds. The zero-order chi connectivity index (χ0) is 9.42. The first-order chi connectivity index (χ1) is 6.16. The summed E-state index contributed by atoms with van der Waals surface area (Å²) in [7, 11) is 0. The van der Waals surface area contributed by atoms with Gasteiger partial charge in [-0.3, -0.25) is 14.4 Å². The van der Waals surface area contributed by atoms with E-state index >= 15 is 0 Å². The lowest BCUT2D eigenvalue weighted by atomic mass is 10.0. The maximum absolute atomic E-state index is 11.2. The molecule has 13 heavy (non-hydrogen) atoms. The van der Waals surface area contributed by atoms with Crippen molar-refractivity contribution in [1.29, 1.82) is 0 Å². The molecular formula is C8H6N2O3. The summed E-state index contributed by atoms with van der Waals surface area (Å²) in [5.74, 6) is -0.906. The summed E-state index contributed by atoms with van der Waals surface area (Å²) in [5.41, 5.74) is 0.360. The number of carbonyl (C=O) groups excluding carboxylic acids is 3. The fraction of sp³-hybridized carbons (Fsp3) is 0.250. The van der Waals surface area contributed by atoms with Gasteiger partial charge in [-0.05, 0) is 0 Å². The van der Waals surface area contributed by atoms with Gasteiger partial charge in [-0.2, -0.15) is 4.99 Å². The second-order valence-electron chi connectivity index (χ2n) is 2.82. The summed E-state index contributed by atoms with van der Waals surface area (Å²) in [6.45, 7) is 0. The Morgan fingerprint density at radius 3 is 2.85 bits per heavy atom. The number of ketones is 1. The van der Waals surface area contributed by atoms with Crippen molar-refractivity contribution >= 4 is 23.4 Å². The van der Waals surface area contributed by atoms with Crippen molar-refractivity contribution in [2.45, 2.75) is 12.8 Å². The molecule has 0 aromatic heterocycles. The summed E-state index contributed by atoms with van der Waals surface area (Å²) in [4.78, 5) is 36.5. The van der Waals surface area contributed by atoms with E-state index in [9.17, 15) is 14.4 Å². The van der Waals surface area contributed by atoms with Crippen LogP contribution < -0.4 is 5.32 Å². The number of carbonyl (C=O) groups is 3. The van der Waals surface area contributed by atoms with Gasteiger partial charge in [0.15, 0.2) is 5.78 Å². The van der Waals surface area contributed by atoms with Gasteiger partial charge in [0.25, 0.3) is 5.91 Å². The Kier molecular flexibility index (Phi) is 1.58. The quantitative estimate of drug-likeness (QED) is 0.500. The first kappa shape index (κ1) is 7.85. The fourth-order valence-corrected chi connectivity index (χ4v) is 1.27. The van der Waals surface area contributed by atoms with Gasteiger partial charge in [-0.15, -0.1) is 0 Å². The number of amidine groups is 1. The van der Waals surface area contributed by atoms with Crippen LogP contribution in [-0.4, -0.2) is 23.4 Å². The van der Waals surface area contributed by atoms with E-state index in [-0.39, 0.29) is 30.4 Å². The minimum Gasteiger partial charge on any atom is -0.310 e. The van der Waals surface area contributed by atoms with Crippen molar-refractivity contribution in [2.24, 2.45) is 4.99 Å². The SMILES string of the molecule is O=C1CC(=O)C2=CCC(=O)NC2=N1. The van der Waals surface area contributed by atoms with Crippen LogP contribution in [-0.2, 0) is 14.4 Å². The molecule has 66 valence electrons. The number of nitrogens with one attached hydrogen (secondary N) is 1. The lowest BCUT2D eigenvalue weighted by Gasteiger charge is -2.18. The number of hydrogen-bond acceptors (Lipinski definition) is 3. The summed E-state index contributed by atoms with van der Waals surface area (Å²) in [6, 6.07) is 0. The minimum absolute atomic E-state index is 0.109. The Morgan fingerprint density at radius 2 is 2.08 bits per heavy atom. The van der Waals surface area contributed by atoms with Crippen molar-refractivity contribution < 1.29 is 14.4 Å². The predicted molar refractivity (Wildman–Crippen MR) is 42.9 cm³/mol. The van der Waals surface area contributed by atoms with Crippen molar-refractivity contribution in [3.8, 4) is 0 Å². The molecule has 0 aromatic carbocycles. The van der Waals surface area contributed by atoms with E-state index < -0.39 is 5.91 Å². The molecule has 5 heteroatoms. The molecule has 2 aliphatic heterocycles. The highest BCUT2D eigenvalue weighted by atomic mass is 16.2. The van der Waals surface area contributed by atoms with Crippen LogP contribution in [0.5, 0.6) is 0 Å². The highest BCUT2D eigenvalue weighted by Gasteiger charge is 2.28. The molecule has 1 N–H and O–H groups in total. The van der Waals surface area contributed by atoms with Gasteiger partial charge in [-0.1, -0.05) is 6.08 Å². The third-order valence-electron chi connectivity index (χ3n) is 1.85. The van der Waals surface area contributed by atoms with Crippen molar-refractivity contribution in [3.05, 3.63) is 11.6 Å². The molecule has 0 saturated carbocycles. The van der Waals surface area contributed by atoms with E-state index in [1.807, 2.05) is 0 Å². The van der Waals surface area contributed by atoms with E-state index in [2.05, 4.69) is 10.3 Å². The van der Waals surface area contributed by atoms with Crippen molar-refractivity contribution in [3.63, 3.8) is 0 Å². The standard InChI is InChI=1S/C8H6N2O3/c11-5-3-7(13)10-8-4(5)1-2-6(12)9-8/h1H,2-3H2,(H,9,10,12,13). The van der Waals surface area contributed by atoms with E-state index in [0.717, 1.165) is 0 Å². The number of nitrogens with zero attached hydrogens (tertiary/aromatic N) is 1. The normalized spacial score (nSPS) is 21.7. The lowest BCUT2D eigenvalue weighted by Crippen LogP contribution is -2.40. The monoisotopic (exact) mass is 178 g/mol. The van der Waals surface area contributed by atoms with Crippen LogP contribution in [0.15, 0.2) is 16.6 Å². The molecule has 0 fully saturated rings. The first-order valence-electron chi connectivity index (χ1n) is 3.82. The molecule has 0 spiro atoms. The van der Waals surface area contributed by atoms with Crippen LogP contribution in [0, 0.1) is 0 Å². The summed E-state index contributed by atoms with van der Waals surface area (Å²) in [6.07, 6.45) is 1.49. The predicted octanol–water partition coefficient (Wildman–Crippen LogP) is -0.669. The molecule has 0 aromatic rings. The van der Waals surface area contributed by atoms with Crippen LogP contribution in [0.1, 0.15) is 12.8 Å². The number of amides is 2. The highest BCUT2D eigenvalue weighted by molar-refractivity contribution is 6.33. The van der Waals surface area contributed by atoms with Gasteiger partial charge in [0, 0.05) is 6.42 Å². The number of hydrogen-bond donors (Lipinski definition) is 1. The number of rotatable bonds is 0. The summed E-state index contributed by atoms with van der Waals surface area (Å²) in [5, 5.41) is 2.38. The van der Waals surface area contributed by atoms with Crippen LogP contribution in [0.2, 0.25) is 0 Å². The zero-order valence-electron chi connectivity index (χ0n) is 6.66. The first-order valence-corrected chi connectivity index (χ1v) is 3.82. The molecule has 0 saturated heterocycles. The second-order valence-corrected chi connectivity index (χ2v) is 2.82. The van der Waals surface area contributed by atoms with Gasteiger partial charge in [-0.25, -0.2) is 0 Å². The molecule has 2 rings (SSSR count). The Hall–Kier alpha value is -1.78. The maximum atomic E-state index is 11.2. The average Bonchev–Trinajstić information content (AvgIpc) is 2.02. The van der Waals surface area contributed by atoms with Gasteiger partial charge in [0.05, 0.1) is 12.0 Å². The Bertz CT molecular complexity index is 379. The van der Waals surface area contributed by atoms with Crippen LogP contribution >= 0.6 is 0 Å². The van der Waals surface area contributed by atoms with Gasteiger partial charge in [0.1, 0.15) is 5.84 Å². The number of Topliss-reactive ketones (excluding diaryl/α,β-unsaturated/α-hetero) is 1. The Balaban J connectivity index is 2.46. The highest BCUT2D eigenvalue weighted by Crippen LogP contribution is 2.13. The fourth-order valence-electron chi connectivity index (χ4n) is 1.27. The molecule has 0 bridgehead atoms. The summed E-state index contributed by atoms with van der Waals surface area (Å²) < 4.78 is 0. The lowest BCUT2D eigenvalue weighted by molar-refractivity contribution is -0.124. The third kappa shape index (κ3) is 1.28. The van der Waals surface area contributed by atoms with Crippen molar-refractivity contribution in [1.82, 2.24) is 5.32 Å². The molecule has 0 radical (unpaired) electrons. The minimum atomic E-state index is -0.501. The van der Waals surface area contributed by atoms with Gasteiger partial charge in [0.2, 0.25) is 5.91 Å².